The number of amides is 1. The summed E-state index contributed by atoms with van der Waals surface area (Å²) in [5.74, 6) is 0.850. The second-order valence-electron chi connectivity index (χ2n) is 6.20. The summed E-state index contributed by atoms with van der Waals surface area (Å²) in [4.78, 5) is 25.5. The third kappa shape index (κ3) is 2.79. The first-order valence-corrected chi connectivity index (χ1v) is 8.24. The van der Waals surface area contributed by atoms with Gasteiger partial charge in [-0.15, -0.1) is 0 Å². The average Bonchev–Trinajstić information content (AvgIpc) is 3.15. The third-order valence-corrected chi connectivity index (χ3v) is 4.71. The maximum Gasteiger partial charge on any atom is 0.274 e. The average molecular weight is 308 g/mol. The molecule has 1 saturated heterocycles. The van der Waals surface area contributed by atoms with Crippen LogP contribution in [0, 0.1) is 0 Å². The summed E-state index contributed by atoms with van der Waals surface area (Å²) < 4.78 is 0. The van der Waals surface area contributed by atoms with Gasteiger partial charge < -0.3 is 9.80 Å². The molecule has 0 bridgehead atoms. The minimum atomic E-state index is -0.0278. The van der Waals surface area contributed by atoms with Crippen molar-refractivity contribution < 1.29 is 4.79 Å². The van der Waals surface area contributed by atoms with Crippen LogP contribution in [0.1, 0.15) is 34.5 Å². The van der Waals surface area contributed by atoms with Crippen LogP contribution >= 0.6 is 0 Å². The highest BCUT2D eigenvalue weighted by Gasteiger charge is 2.23. The molecule has 0 saturated carbocycles. The Labute approximate surface area is 136 Å². The zero-order chi connectivity index (χ0) is 15.6. The molecule has 1 aromatic carbocycles. The number of aromatic nitrogens is 2. The summed E-state index contributed by atoms with van der Waals surface area (Å²) in [6.45, 7) is 3.46. The molecular weight excluding hydrogens is 288 g/mol. The number of carbonyl (C=O) groups excluding carboxylic acids is 1. The van der Waals surface area contributed by atoms with E-state index in [0.717, 1.165) is 31.9 Å². The second-order valence-corrected chi connectivity index (χ2v) is 6.20. The van der Waals surface area contributed by atoms with Gasteiger partial charge in [0.1, 0.15) is 11.5 Å². The zero-order valence-electron chi connectivity index (χ0n) is 13.1. The van der Waals surface area contributed by atoms with Crippen LogP contribution in [0.5, 0.6) is 0 Å². The zero-order valence-corrected chi connectivity index (χ0v) is 13.1. The highest BCUT2D eigenvalue weighted by atomic mass is 16.2. The van der Waals surface area contributed by atoms with Gasteiger partial charge in [-0.25, -0.2) is 9.97 Å². The van der Waals surface area contributed by atoms with Crippen molar-refractivity contribution in [3.05, 3.63) is 53.5 Å². The fourth-order valence-electron chi connectivity index (χ4n) is 3.37. The first-order valence-electron chi connectivity index (χ1n) is 8.24. The minimum Gasteiger partial charge on any atom is -0.355 e. The van der Waals surface area contributed by atoms with Crippen molar-refractivity contribution in [3.63, 3.8) is 0 Å². The number of fused-ring (bicyclic) bond motifs is 1. The molecule has 0 N–H and O–H groups in total. The monoisotopic (exact) mass is 308 g/mol. The summed E-state index contributed by atoms with van der Waals surface area (Å²) in [5.41, 5.74) is 3.01. The predicted molar refractivity (Wildman–Crippen MR) is 88.4 cm³/mol. The SMILES string of the molecule is O=C(c1cnc(N2CCCC2)cn1)N1CCc2ccccc2C1. The first kappa shape index (κ1) is 14.2. The lowest BCUT2D eigenvalue weighted by molar-refractivity contribution is 0.0728. The molecule has 0 radical (unpaired) electrons. The maximum atomic E-state index is 12.7. The van der Waals surface area contributed by atoms with Crippen LogP contribution in [0.3, 0.4) is 0 Å². The number of carbonyl (C=O) groups is 1. The van der Waals surface area contributed by atoms with E-state index in [2.05, 4.69) is 33.1 Å². The molecule has 0 unspecified atom stereocenters. The Balaban J connectivity index is 1.49. The van der Waals surface area contributed by atoms with E-state index in [9.17, 15) is 4.79 Å². The number of hydrogen-bond acceptors (Lipinski definition) is 4. The van der Waals surface area contributed by atoms with Gasteiger partial charge in [-0.1, -0.05) is 24.3 Å². The summed E-state index contributed by atoms with van der Waals surface area (Å²) in [6.07, 6.45) is 6.67. The second kappa shape index (κ2) is 5.99. The van der Waals surface area contributed by atoms with Crippen molar-refractivity contribution in [3.8, 4) is 0 Å². The third-order valence-electron chi connectivity index (χ3n) is 4.71. The van der Waals surface area contributed by atoms with Gasteiger partial charge in [-0.05, 0) is 30.4 Å². The van der Waals surface area contributed by atoms with Crippen LogP contribution in [0.2, 0.25) is 0 Å². The summed E-state index contributed by atoms with van der Waals surface area (Å²) in [5, 5.41) is 0. The molecule has 1 aromatic heterocycles. The Morgan fingerprint density at radius 3 is 2.48 bits per heavy atom. The van der Waals surface area contributed by atoms with E-state index in [0.29, 0.717) is 12.2 Å². The van der Waals surface area contributed by atoms with Crippen LogP contribution in [0.4, 0.5) is 5.82 Å². The van der Waals surface area contributed by atoms with E-state index < -0.39 is 0 Å². The molecule has 3 heterocycles. The number of anilines is 1. The smallest absolute Gasteiger partial charge is 0.274 e. The molecule has 23 heavy (non-hydrogen) atoms. The molecule has 118 valence electrons. The van der Waals surface area contributed by atoms with Crippen molar-refractivity contribution in [2.24, 2.45) is 0 Å². The van der Waals surface area contributed by atoms with E-state index in [1.54, 1.807) is 12.4 Å². The van der Waals surface area contributed by atoms with Gasteiger partial charge in [0.2, 0.25) is 0 Å². The summed E-state index contributed by atoms with van der Waals surface area (Å²) >= 11 is 0. The molecule has 1 fully saturated rings. The van der Waals surface area contributed by atoms with Gasteiger partial charge in [0.25, 0.3) is 5.91 Å². The Hall–Kier alpha value is -2.43. The van der Waals surface area contributed by atoms with Gasteiger partial charge in [0.15, 0.2) is 0 Å². The molecule has 2 aliphatic rings. The van der Waals surface area contributed by atoms with Gasteiger partial charge in [-0.3, -0.25) is 4.79 Å². The first-order chi connectivity index (χ1) is 11.3. The highest BCUT2D eigenvalue weighted by Crippen LogP contribution is 2.20. The van der Waals surface area contributed by atoms with Crippen molar-refractivity contribution in [1.29, 1.82) is 0 Å². The van der Waals surface area contributed by atoms with Crippen LogP contribution in [-0.2, 0) is 13.0 Å². The maximum absolute atomic E-state index is 12.7. The fraction of sp³-hybridized carbons (Fsp3) is 0.389. The normalized spacial score (nSPS) is 17.2. The van der Waals surface area contributed by atoms with Gasteiger partial charge in [-0.2, -0.15) is 0 Å². The van der Waals surface area contributed by atoms with Crippen molar-refractivity contribution in [1.82, 2.24) is 14.9 Å². The Bertz CT molecular complexity index is 707. The van der Waals surface area contributed by atoms with E-state index in [1.165, 1.54) is 24.0 Å². The molecule has 5 nitrogen and oxygen atoms in total. The fourth-order valence-corrected chi connectivity index (χ4v) is 3.37. The topological polar surface area (TPSA) is 49.3 Å². The van der Waals surface area contributed by atoms with Crippen molar-refractivity contribution >= 4 is 11.7 Å². The van der Waals surface area contributed by atoms with E-state index in [1.807, 2.05) is 11.0 Å². The molecule has 0 spiro atoms. The number of hydrogen-bond donors (Lipinski definition) is 0. The molecular formula is C18H20N4O. The molecule has 0 aliphatic carbocycles. The lowest BCUT2D eigenvalue weighted by Crippen LogP contribution is -2.36. The lowest BCUT2D eigenvalue weighted by atomic mass is 10.00. The summed E-state index contributed by atoms with van der Waals surface area (Å²) in [7, 11) is 0. The van der Waals surface area contributed by atoms with Crippen LogP contribution in [0.15, 0.2) is 36.7 Å². The highest BCUT2D eigenvalue weighted by molar-refractivity contribution is 5.92. The van der Waals surface area contributed by atoms with E-state index in [-0.39, 0.29) is 5.91 Å². The lowest BCUT2D eigenvalue weighted by Gasteiger charge is -2.28. The summed E-state index contributed by atoms with van der Waals surface area (Å²) in [6, 6.07) is 8.31. The van der Waals surface area contributed by atoms with E-state index in [4.69, 9.17) is 0 Å². The van der Waals surface area contributed by atoms with Gasteiger partial charge in [0, 0.05) is 26.2 Å². The Kier molecular flexibility index (Phi) is 3.69. The molecule has 5 heteroatoms. The Morgan fingerprint density at radius 1 is 0.957 bits per heavy atom. The van der Waals surface area contributed by atoms with Crippen molar-refractivity contribution in [2.45, 2.75) is 25.8 Å². The molecule has 2 aliphatic heterocycles. The molecule has 2 aromatic rings. The minimum absolute atomic E-state index is 0.0278. The number of benzene rings is 1. The van der Waals surface area contributed by atoms with Crippen LogP contribution in [0.25, 0.3) is 0 Å². The quantitative estimate of drug-likeness (QED) is 0.854. The molecule has 1 amide bonds. The number of nitrogens with zero attached hydrogens (tertiary/aromatic N) is 4. The number of rotatable bonds is 2. The van der Waals surface area contributed by atoms with Gasteiger partial charge >= 0.3 is 0 Å². The van der Waals surface area contributed by atoms with Gasteiger partial charge in [0.05, 0.1) is 12.4 Å². The Morgan fingerprint density at radius 2 is 1.74 bits per heavy atom. The van der Waals surface area contributed by atoms with Crippen molar-refractivity contribution in [2.75, 3.05) is 24.5 Å². The molecule has 0 atom stereocenters. The standard InChI is InChI=1S/C18H20N4O/c23-18(22-10-7-14-5-1-2-6-15(14)13-22)16-11-20-17(12-19-16)21-8-3-4-9-21/h1-2,5-6,11-12H,3-4,7-10,13H2. The van der Waals surface area contributed by atoms with E-state index >= 15 is 0 Å². The van der Waals surface area contributed by atoms with Crippen LogP contribution in [-0.4, -0.2) is 40.4 Å². The van der Waals surface area contributed by atoms with Crippen LogP contribution < -0.4 is 4.90 Å². The molecule has 4 rings (SSSR count). The largest absolute Gasteiger partial charge is 0.355 e. The predicted octanol–water partition coefficient (Wildman–Crippen LogP) is 2.28.